The molecule has 2 aromatic heterocycles. The fourth-order valence-electron chi connectivity index (χ4n) is 4.30. The lowest BCUT2D eigenvalue weighted by Crippen LogP contribution is -2.39. The minimum absolute atomic E-state index is 0.298. The summed E-state index contributed by atoms with van der Waals surface area (Å²) in [6.45, 7) is 3.68. The molecule has 2 aromatic rings. The van der Waals surface area contributed by atoms with Crippen molar-refractivity contribution in [3.63, 3.8) is 0 Å². The van der Waals surface area contributed by atoms with Crippen LogP contribution in [-0.2, 0) is 24.3 Å². The Morgan fingerprint density at radius 2 is 2.04 bits per heavy atom. The Hall–Kier alpha value is -1.72. The van der Waals surface area contributed by atoms with E-state index in [9.17, 15) is 0 Å². The van der Waals surface area contributed by atoms with Crippen LogP contribution >= 0.6 is 0 Å². The molecule has 1 aliphatic carbocycles. The molecule has 0 spiro atoms. The van der Waals surface area contributed by atoms with Crippen molar-refractivity contribution in [3.8, 4) is 0 Å². The van der Waals surface area contributed by atoms with Gasteiger partial charge in [0, 0.05) is 37.6 Å². The number of pyridine rings is 1. The molecule has 1 saturated carbocycles. The molecule has 2 fully saturated rings. The zero-order chi connectivity index (χ0) is 17.6. The maximum absolute atomic E-state index is 6.10. The van der Waals surface area contributed by atoms with E-state index in [0.29, 0.717) is 12.7 Å². The number of aromatic amines is 1. The smallest absolute Gasteiger partial charge is 0.106 e. The summed E-state index contributed by atoms with van der Waals surface area (Å²) in [6.07, 6.45) is 13.1. The summed E-state index contributed by atoms with van der Waals surface area (Å²) < 4.78 is 6.10. The molecule has 1 saturated heterocycles. The summed E-state index contributed by atoms with van der Waals surface area (Å²) in [5, 5.41) is 0. The van der Waals surface area contributed by atoms with Gasteiger partial charge < -0.3 is 9.72 Å². The molecule has 0 bridgehead atoms. The Morgan fingerprint density at radius 3 is 2.88 bits per heavy atom. The highest BCUT2D eigenvalue weighted by molar-refractivity contribution is 5.03. The van der Waals surface area contributed by atoms with Gasteiger partial charge in [0.05, 0.1) is 18.4 Å². The molecular weight excluding hydrogens is 324 g/mol. The van der Waals surface area contributed by atoms with Gasteiger partial charge in [0.15, 0.2) is 0 Å². The predicted octanol–water partition coefficient (Wildman–Crippen LogP) is 3.72. The largest absolute Gasteiger partial charge is 0.371 e. The van der Waals surface area contributed by atoms with Crippen LogP contribution in [0.15, 0.2) is 30.6 Å². The van der Waals surface area contributed by atoms with E-state index in [1.165, 1.54) is 43.6 Å². The molecule has 3 heterocycles. The molecule has 1 aliphatic heterocycles. The van der Waals surface area contributed by atoms with Crippen molar-refractivity contribution in [2.24, 2.45) is 5.92 Å². The predicted molar refractivity (Wildman–Crippen MR) is 102 cm³/mol. The maximum atomic E-state index is 6.10. The third-order valence-electron chi connectivity index (χ3n) is 5.69. The zero-order valence-corrected chi connectivity index (χ0v) is 15.6. The Morgan fingerprint density at radius 1 is 1.12 bits per heavy atom. The lowest BCUT2D eigenvalue weighted by molar-refractivity contribution is -0.0135. The van der Waals surface area contributed by atoms with Crippen LogP contribution in [0.25, 0.3) is 0 Å². The molecule has 1 N–H and O–H groups in total. The van der Waals surface area contributed by atoms with Crippen LogP contribution in [0.2, 0.25) is 0 Å². The van der Waals surface area contributed by atoms with Crippen LogP contribution in [0.4, 0.5) is 0 Å². The Labute approximate surface area is 156 Å². The minimum Gasteiger partial charge on any atom is -0.371 e. The molecule has 2 aliphatic rings. The van der Waals surface area contributed by atoms with E-state index in [4.69, 9.17) is 4.74 Å². The van der Waals surface area contributed by atoms with Crippen LogP contribution in [0, 0.1) is 5.92 Å². The highest BCUT2D eigenvalue weighted by Gasteiger charge is 2.22. The third-order valence-corrected chi connectivity index (χ3v) is 5.69. The third kappa shape index (κ3) is 4.92. The number of rotatable bonds is 7. The summed E-state index contributed by atoms with van der Waals surface area (Å²) in [6, 6.07) is 5.98. The van der Waals surface area contributed by atoms with E-state index in [1.54, 1.807) is 0 Å². The van der Waals surface area contributed by atoms with Crippen LogP contribution in [0.5, 0.6) is 0 Å². The molecule has 140 valence electrons. The molecule has 5 nitrogen and oxygen atoms in total. The van der Waals surface area contributed by atoms with Crippen molar-refractivity contribution in [3.05, 3.63) is 47.8 Å². The second kappa shape index (κ2) is 8.78. The first-order valence-electron chi connectivity index (χ1n) is 10.1. The lowest BCUT2D eigenvalue weighted by atomic mass is 10.0. The van der Waals surface area contributed by atoms with Gasteiger partial charge >= 0.3 is 0 Å². The van der Waals surface area contributed by atoms with Crippen molar-refractivity contribution < 1.29 is 4.74 Å². The fourth-order valence-corrected chi connectivity index (χ4v) is 4.30. The number of piperidine rings is 1. The van der Waals surface area contributed by atoms with Crippen molar-refractivity contribution in [1.82, 2.24) is 19.9 Å². The van der Waals surface area contributed by atoms with E-state index in [0.717, 1.165) is 44.1 Å². The summed E-state index contributed by atoms with van der Waals surface area (Å²) in [5.74, 6) is 2.01. The zero-order valence-electron chi connectivity index (χ0n) is 15.6. The number of likely N-dealkylation sites (tertiary alicyclic amines) is 1. The second-order valence-electron chi connectivity index (χ2n) is 7.84. The Kier molecular flexibility index (Phi) is 5.97. The van der Waals surface area contributed by atoms with Crippen molar-refractivity contribution in [1.29, 1.82) is 0 Å². The van der Waals surface area contributed by atoms with E-state index in [2.05, 4.69) is 19.9 Å². The van der Waals surface area contributed by atoms with Crippen LogP contribution < -0.4 is 0 Å². The quantitative estimate of drug-likeness (QED) is 0.823. The fraction of sp³-hybridized carbons (Fsp3) is 0.619. The monoisotopic (exact) mass is 354 g/mol. The highest BCUT2D eigenvalue weighted by Crippen LogP contribution is 2.27. The van der Waals surface area contributed by atoms with Gasteiger partial charge in [0.1, 0.15) is 5.82 Å². The first kappa shape index (κ1) is 17.7. The summed E-state index contributed by atoms with van der Waals surface area (Å²) >= 11 is 0. The van der Waals surface area contributed by atoms with Gasteiger partial charge in [-0.3, -0.25) is 9.88 Å². The Balaban J connectivity index is 1.24. The van der Waals surface area contributed by atoms with Crippen molar-refractivity contribution in [2.45, 2.75) is 64.2 Å². The van der Waals surface area contributed by atoms with Crippen LogP contribution in [0.3, 0.4) is 0 Å². The van der Waals surface area contributed by atoms with Gasteiger partial charge in [-0.05, 0) is 37.4 Å². The van der Waals surface area contributed by atoms with Crippen molar-refractivity contribution in [2.75, 3.05) is 13.1 Å². The van der Waals surface area contributed by atoms with Gasteiger partial charge in [0.25, 0.3) is 0 Å². The average molecular weight is 354 g/mol. The number of aromatic nitrogens is 3. The van der Waals surface area contributed by atoms with E-state index < -0.39 is 0 Å². The maximum Gasteiger partial charge on any atom is 0.106 e. The van der Waals surface area contributed by atoms with Gasteiger partial charge in [-0.2, -0.15) is 0 Å². The van der Waals surface area contributed by atoms with E-state index >= 15 is 0 Å². The Bertz CT molecular complexity index is 666. The van der Waals surface area contributed by atoms with Gasteiger partial charge in [0.2, 0.25) is 0 Å². The minimum atomic E-state index is 0.298. The normalized spacial score (nSPS) is 22.1. The standard InChI is InChI=1S/C21H30N4O/c1-2-7-17(6-1)12-21-23-13-19(24-21)14-25-11-5-9-20(15-25)26-16-18-8-3-4-10-22-18/h3-4,8,10,13,17,20H,1-2,5-7,9,11-12,14-16H2,(H,23,24). The van der Waals surface area contributed by atoms with E-state index in [1.807, 2.05) is 30.6 Å². The van der Waals surface area contributed by atoms with Crippen LogP contribution in [0.1, 0.15) is 55.7 Å². The van der Waals surface area contributed by atoms with Crippen molar-refractivity contribution >= 4 is 0 Å². The number of hydrogen-bond acceptors (Lipinski definition) is 4. The topological polar surface area (TPSA) is 54.0 Å². The average Bonchev–Trinajstić information content (AvgIpc) is 3.34. The number of hydrogen-bond donors (Lipinski definition) is 1. The molecule has 5 heteroatoms. The molecule has 0 aromatic carbocycles. The van der Waals surface area contributed by atoms with Gasteiger partial charge in [-0.25, -0.2) is 4.98 Å². The van der Waals surface area contributed by atoms with Gasteiger partial charge in [-0.15, -0.1) is 0 Å². The number of nitrogens with zero attached hydrogens (tertiary/aromatic N) is 3. The molecular formula is C21H30N4O. The molecule has 0 radical (unpaired) electrons. The molecule has 4 rings (SSSR count). The SMILES string of the molecule is c1ccc(COC2CCCN(Cc3cnc(CC4CCCC4)[nH]3)C2)nc1. The highest BCUT2D eigenvalue weighted by atomic mass is 16.5. The van der Waals surface area contributed by atoms with E-state index in [-0.39, 0.29) is 0 Å². The number of nitrogens with one attached hydrogen (secondary N) is 1. The molecule has 1 unspecified atom stereocenters. The first-order chi connectivity index (χ1) is 12.8. The second-order valence-corrected chi connectivity index (χ2v) is 7.84. The number of H-pyrrole nitrogens is 1. The summed E-state index contributed by atoms with van der Waals surface area (Å²) in [7, 11) is 0. The van der Waals surface area contributed by atoms with Crippen LogP contribution in [-0.4, -0.2) is 39.0 Å². The van der Waals surface area contributed by atoms with Gasteiger partial charge in [-0.1, -0.05) is 31.7 Å². The summed E-state index contributed by atoms with van der Waals surface area (Å²) in [5.41, 5.74) is 2.25. The first-order valence-corrected chi connectivity index (χ1v) is 10.1. The number of ether oxygens (including phenoxy) is 1. The molecule has 0 amide bonds. The molecule has 26 heavy (non-hydrogen) atoms. The lowest BCUT2D eigenvalue weighted by Gasteiger charge is -2.32. The summed E-state index contributed by atoms with van der Waals surface area (Å²) in [4.78, 5) is 15.0. The number of imidazole rings is 1. The molecule has 1 atom stereocenters.